The van der Waals surface area contributed by atoms with E-state index in [1.165, 1.54) is 18.2 Å². The van der Waals surface area contributed by atoms with Gasteiger partial charge in [0.1, 0.15) is 5.75 Å². The molecule has 0 spiro atoms. The molecule has 0 radical (unpaired) electrons. The molecule has 0 bridgehead atoms. The molecule has 1 aliphatic heterocycles. The molecule has 0 unspecified atom stereocenters. The summed E-state index contributed by atoms with van der Waals surface area (Å²) in [6, 6.07) is 4.97. The van der Waals surface area contributed by atoms with Gasteiger partial charge in [0.15, 0.2) is 0 Å². The fraction of sp³-hybridized carbons (Fsp3) is 0.533. The molecule has 0 aromatic heterocycles. The highest BCUT2D eigenvalue weighted by Gasteiger charge is 2.31. The zero-order chi connectivity index (χ0) is 16.3. The molecule has 1 aliphatic rings. The Morgan fingerprint density at radius 3 is 2.50 bits per heavy atom. The molecule has 4 nitrogen and oxygen atoms in total. The molecular formula is C15H19F3N2O2. The molecule has 122 valence electrons. The Hall–Kier alpha value is -1.92. The zero-order valence-corrected chi connectivity index (χ0v) is 12.5. The van der Waals surface area contributed by atoms with Crippen molar-refractivity contribution >= 4 is 11.7 Å². The van der Waals surface area contributed by atoms with Gasteiger partial charge in [-0.2, -0.15) is 0 Å². The third kappa shape index (κ3) is 4.82. The van der Waals surface area contributed by atoms with E-state index in [0.29, 0.717) is 24.9 Å². The zero-order valence-electron chi connectivity index (χ0n) is 12.5. The summed E-state index contributed by atoms with van der Waals surface area (Å²) >= 11 is 0. The second-order valence-corrected chi connectivity index (χ2v) is 5.86. The minimum atomic E-state index is -4.75. The predicted molar refractivity (Wildman–Crippen MR) is 76.7 cm³/mol. The van der Waals surface area contributed by atoms with Crippen LogP contribution in [-0.4, -0.2) is 30.4 Å². The molecule has 2 amide bonds. The van der Waals surface area contributed by atoms with Gasteiger partial charge in [-0.3, -0.25) is 0 Å². The van der Waals surface area contributed by atoms with Gasteiger partial charge in [0.25, 0.3) is 0 Å². The van der Waals surface area contributed by atoms with Crippen LogP contribution in [0.2, 0.25) is 0 Å². The highest BCUT2D eigenvalue weighted by atomic mass is 19.4. The van der Waals surface area contributed by atoms with E-state index in [9.17, 15) is 18.0 Å². The fourth-order valence-corrected chi connectivity index (χ4v) is 2.80. The lowest BCUT2D eigenvalue weighted by molar-refractivity contribution is -0.274. The molecule has 2 atom stereocenters. The summed E-state index contributed by atoms with van der Waals surface area (Å²) < 4.78 is 40.4. The highest BCUT2D eigenvalue weighted by molar-refractivity contribution is 5.89. The van der Waals surface area contributed by atoms with Crippen LogP contribution < -0.4 is 10.1 Å². The first-order valence-electron chi connectivity index (χ1n) is 7.14. The summed E-state index contributed by atoms with van der Waals surface area (Å²) in [7, 11) is 0. The second kappa shape index (κ2) is 6.46. The normalized spacial score (nSPS) is 22.3. The monoisotopic (exact) mass is 316 g/mol. The number of amides is 2. The van der Waals surface area contributed by atoms with Gasteiger partial charge in [0, 0.05) is 24.8 Å². The van der Waals surface area contributed by atoms with Crippen molar-refractivity contribution in [3.05, 3.63) is 24.3 Å². The van der Waals surface area contributed by atoms with E-state index in [-0.39, 0.29) is 17.5 Å². The van der Waals surface area contributed by atoms with E-state index < -0.39 is 6.36 Å². The number of ether oxygens (including phenoxy) is 1. The van der Waals surface area contributed by atoms with Crippen molar-refractivity contribution in [3.63, 3.8) is 0 Å². The van der Waals surface area contributed by atoms with Crippen LogP contribution in [-0.2, 0) is 0 Å². The first kappa shape index (κ1) is 16.5. The summed E-state index contributed by atoms with van der Waals surface area (Å²) in [6.45, 7) is 5.45. The van der Waals surface area contributed by atoms with Gasteiger partial charge in [-0.25, -0.2) is 4.79 Å². The summed E-state index contributed by atoms with van der Waals surface area (Å²) in [5, 5.41) is 2.62. The maximum atomic E-state index is 12.2. The van der Waals surface area contributed by atoms with Crippen LogP contribution in [0.15, 0.2) is 24.3 Å². The maximum absolute atomic E-state index is 12.2. The molecule has 1 saturated heterocycles. The van der Waals surface area contributed by atoms with Crippen molar-refractivity contribution < 1.29 is 22.7 Å². The van der Waals surface area contributed by atoms with Crippen molar-refractivity contribution in [2.75, 3.05) is 18.4 Å². The smallest absolute Gasteiger partial charge is 0.406 e. The molecule has 1 N–H and O–H groups in total. The van der Waals surface area contributed by atoms with Crippen LogP contribution in [0.3, 0.4) is 0 Å². The number of hydrogen-bond acceptors (Lipinski definition) is 2. The average Bonchev–Trinajstić information content (AvgIpc) is 2.35. The van der Waals surface area contributed by atoms with Crippen molar-refractivity contribution in [2.24, 2.45) is 11.8 Å². The number of anilines is 1. The molecule has 22 heavy (non-hydrogen) atoms. The molecular weight excluding hydrogens is 297 g/mol. The molecule has 1 aromatic rings. The lowest BCUT2D eigenvalue weighted by atomic mass is 9.92. The molecule has 0 aliphatic carbocycles. The van der Waals surface area contributed by atoms with Crippen molar-refractivity contribution in [2.45, 2.75) is 26.6 Å². The minimum Gasteiger partial charge on any atom is -0.406 e. The van der Waals surface area contributed by atoms with E-state index in [1.807, 2.05) is 0 Å². The van der Waals surface area contributed by atoms with Crippen molar-refractivity contribution in [1.29, 1.82) is 0 Å². The van der Waals surface area contributed by atoms with Crippen molar-refractivity contribution in [1.82, 2.24) is 4.90 Å². The van der Waals surface area contributed by atoms with Crippen LogP contribution in [0.5, 0.6) is 5.75 Å². The van der Waals surface area contributed by atoms with Gasteiger partial charge in [-0.05, 0) is 30.4 Å². The van der Waals surface area contributed by atoms with E-state index in [4.69, 9.17) is 0 Å². The lowest BCUT2D eigenvalue weighted by Crippen LogP contribution is -2.44. The molecule has 1 fully saturated rings. The fourth-order valence-electron chi connectivity index (χ4n) is 2.80. The van der Waals surface area contributed by atoms with Crippen molar-refractivity contribution in [3.8, 4) is 5.75 Å². The van der Waals surface area contributed by atoms with E-state index >= 15 is 0 Å². The molecule has 0 saturated carbocycles. The third-order valence-electron chi connectivity index (χ3n) is 3.47. The van der Waals surface area contributed by atoms with Gasteiger partial charge in [0.05, 0.1) is 0 Å². The number of urea groups is 1. The van der Waals surface area contributed by atoms with E-state index in [0.717, 1.165) is 12.5 Å². The number of piperidine rings is 1. The summed E-state index contributed by atoms with van der Waals surface area (Å²) in [5.74, 6) is 0.467. The minimum absolute atomic E-state index is 0.276. The number of hydrogen-bond donors (Lipinski definition) is 1. The number of halogens is 3. The van der Waals surface area contributed by atoms with Crippen LogP contribution in [0.4, 0.5) is 23.7 Å². The summed E-state index contributed by atoms with van der Waals surface area (Å²) in [4.78, 5) is 13.9. The largest absolute Gasteiger partial charge is 0.573 e. The Labute approximate surface area is 127 Å². The number of nitrogens with one attached hydrogen (secondary N) is 1. The van der Waals surface area contributed by atoms with E-state index in [1.54, 1.807) is 4.90 Å². The summed E-state index contributed by atoms with van der Waals surface area (Å²) in [5.41, 5.74) is 0.276. The van der Waals surface area contributed by atoms with Crippen LogP contribution in [0, 0.1) is 11.8 Å². The molecule has 7 heteroatoms. The lowest BCUT2D eigenvalue weighted by Gasteiger charge is -2.34. The number of carbonyl (C=O) groups is 1. The van der Waals surface area contributed by atoms with Crippen LogP contribution in [0.1, 0.15) is 20.3 Å². The third-order valence-corrected chi connectivity index (χ3v) is 3.47. The first-order valence-corrected chi connectivity index (χ1v) is 7.14. The number of rotatable bonds is 2. The maximum Gasteiger partial charge on any atom is 0.573 e. The van der Waals surface area contributed by atoms with E-state index in [2.05, 4.69) is 23.9 Å². The van der Waals surface area contributed by atoms with Gasteiger partial charge < -0.3 is 15.0 Å². The predicted octanol–water partition coefficient (Wildman–Crippen LogP) is 4.10. The van der Waals surface area contributed by atoms with Gasteiger partial charge in [-0.1, -0.05) is 19.9 Å². The number of nitrogens with zero attached hydrogens (tertiary/aromatic N) is 1. The Kier molecular flexibility index (Phi) is 4.83. The highest BCUT2D eigenvalue weighted by Crippen LogP contribution is 2.26. The first-order chi connectivity index (χ1) is 10.2. The van der Waals surface area contributed by atoms with Gasteiger partial charge >= 0.3 is 12.4 Å². The summed E-state index contributed by atoms with van der Waals surface area (Å²) in [6.07, 6.45) is -3.68. The number of carbonyl (C=O) groups excluding carboxylic acids is 1. The quantitative estimate of drug-likeness (QED) is 0.892. The Balaban J connectivity index is 2.01. The topological polar surface area (TPSA) is 41.6 Å². The van der Waals surface area contributed by atoms with Crippen LogP contribution >= 0.6 is 0 Å². The Morgan fingerprint density at radius 2 is 1.91 bits per heavy atom. The molecule has 2 rings (SSSR count). The number of likely N-dealkylation sites (tertiary alicyclic amines) is 1. The van der Waals surface area contributed by atoms with Gasteiger partial charge in [0.2, 0.25) is 0 Å². The van der Waals surface area contributed by atoms with Crippen LogP contribution in [0.25, 0.3) is 0 Å². The number of benzene rings is 1. The van der Waals surface area contributed by atoms with Gasteiger partial charge in [-0.15, -0.1) is 13.2 Å². The number of alkyl halides is 3. The molecule has 1 heterocycles. The molecule has 1 aromatic carbocycles. The SMILES string of the molecule is C[C@@H]1C[C@H](C)CN(C(=O)Nc2cccc(OC(F)(F)F)c2)C1. The Morgan fingerprint density at radius 1 is 1.27 bits per heavy atom. The Bertz CT molecular complexity index is 524. The second-order valence-electron chi connectivity index (χ2n) is 5.86. The average molecular weight is 316 g/mol. The standard InChI is InChI=1S/C15H19F3N2O2/c1-10-6-11(2)9-20(8-10)14(21)19-12-4-3-5-13(7-12)22-15(16,17)18/h3-5,7,10-11H,6,8-9H2,1-2H3,(H,19,21)/t10-,11+.